The molecule has 4 rings (SSSR count). The summed E-state index contributed by atoms with van der Waals surface area (Å²) in [6.45, 7) is 6.06. The zero-order chi connectivity index (χ0) is 18.1. The number of rotatable bonds is 3. The maximum absolute atomic E-state index is 12.1. The molecule has 0 radical (unpaired) electrons. The largest absolute Gasteiger partial charge is 0.386 e. The highest BCUT2D eigenvalue weighted by molar-refractivity contribution is 5.91. The van der Waals surface area contributed by atoms with Crippen molar-refractivity contribution < 1.29 is 0 Å². The summed E-state index contributed by atoms with van der Waals surface area (Å²) >= 11 is 0. The van der Waals surface area contributed by atoms with E-state index in [9.17, 15) is 4.79 Å². The Morgan fingerprint density at radius 1 is 0.962 bits per heavy atom. The van der Waals surface area contributed by atoms with Crippen molar-refractivity contribution in [3.63, 3.8) is 0 Å². The zero-order valence-corrected chi connectivity index (χ0v) is 15.2. The summed E-state index contributed by atoms with van der Waals surface area (Å²) in [6, 6.07) is 14.6. The van der Waals surface area contributed by atoms with Gasteiger partial charge < -0.3 is 20.1 Å². The number of hydrogen-bond donors (Lipinski definition) is 2. The van der Waals surface area contributed by atoms with E-state index in [1.54, 1.807) is 6.20 Å². The molecule has 1 aliphatic heterocycles. The van der Waals surface area contributed by atoms with Gasteiger partial charge in [0.15, 0.2) is 0 Å². The molecule has 5 heteroatoms. The van der Waals surface area contributed by atoms with Crippen LogP contribution in [0.1, 0.15) is 5.56 Å². The molecule has 5 nitrogen and oxygen atoms in total. The number of H-pyrrole nitrogens is 1. The van der Waals surface area contributed by atoms with Gasteiger partial charge in [0.05, 0.1) is 11.4 Å². The van der Waals surface area contributed by atoms with Gasteiger partial charge in [-0.1, -0.05) is 18.2 Å². The second kappa shape index (κ2) is 6.75. The van der Waals surface area contributed by atoms with E-state index < -0.39 is 0 Å². The Balaban J connectivity index is 1.61. The number of aryl methyl sites for hydroxylation is 1. The van der Waals surface area contributed by atoms with Crippen LogP contribution in [0.2, 0.25) is 0 Å². The predicted molar refractivity (Wildman–Crippen MR) is 110 cm³/mol. The molecular formula is C21H24N4O. The molecule has 2 heterocycles. The van der Waals surface area contributed by atoms with Gasteiger partial charge in [0.2, 0.25) is 0 Å². The third-order valence-electron chi connectivity index (χ3n) is 5.24. The molecule has 134 valence electrons. The van der Waals surface area contributed by atoms with Crippen molar-refractivity contribution in [1.82, 2.24) is 4.98 Å². The van der Waals surface area contributed by atoms with Gasteiger partial charge in [-0.25, -0.2) is 0 Å². The lowest BCUT2D eigenvalue weighted by Gasteiger charge is -2.38. The van der Waals surface area contributed by atoms with Crippen molar-refractivity contribution >= 4 is 27.8 Å². The van der Waals surface area contributed by atoms with Crippen molar-refractivity contribution in [3.05, 3.63) is 64.6 Å². The van der Waals surface area contributed by atoms with Gasteiger partial charge in [0.25, 0.3) is 5.56 Å². The number of fused-ring (bicyclic) bond motifs is 1. The van der Waals surface area contributed by atoms with Crippen LogP contribution in [0, 0.1) is 6.92 Å². The maximum atomic E-state index is 12.1. The fraction of sp³-hybridized carbons (Fsp3) is 0.286. The molecule has 26 heavy (non-hydrogen) atoms. The number of anilines is 3. The van der Waals surface area contributed by atoms with Crippen LogP contribution >= 0.6 is 0 Å². The molecule has 0 bridgehead atoms. The van der Waals surface area contributed by atoms with E-state index in [0.717, 1.165) is 48.3 Å². The summed E-state index contributed by atoms with van der Waals surface area (Å²) in [6.07, 6.45) is 1.71. The van der Waals surface area contributed by atoms with Gasteiger partial charge in [-0.05, 0) is 42.1 Å². The highest BCUT2D eigenvalue weighted by atomic mass is 16.1. The lowest BCUT2D eigenvalue weighted by molar-refractivity contribution is 0.653. The third-order valence-corrected chi connectivity index (χ3v) is 5.24. The molecule has 0 amide bonds. The van der Waals surface area contributed by atoms with E-state index in [4.69, 9.17) is 0 Å². The lowest BCUT2D eigenvalue weighted by atomic mass is 10.1. The van der Waals surface area contributed by atoms with E-state index in [1.165, 1.54) is 11.3 Å². The monoisotopic (exact) mass is 348 g/mol. The highest BCUT2D eigenvalue weighted by Gasteiger charge is 2.21. The van der Waals surface area contributed by atoms with Gasteiger partial charge in [-0.3, -0.25) is 4.79 Å². The Morgan fingerprint density at radius 3 is 2.35 bits per heavy atom. The van der Waals surface area contributed by atoms with Crippen molar-refractivity contribution in [1.29, 1.82) is 0 Å². The molecule has 0 unspecified atom stereocenters. The topological polar surface area (TPSA) is 51.4 Å². The predicted octanol–water partition coefficient (Wildman–Crippen LogP) is 3.20. The fourth-order valence-electron chi connectivity index (χ4n) is 3.79. The Hall–Kier alpha value is -2.95. The lowest BCUT2D eigenvalue weighted by Crippen LogP contribution is -2.47. The third kappa shape index (κ3) is 2.90. The molecule has 1 fully saturated rings. The van der Waals surface area contributed by atoms with Gasteiger partial charge >= 0.3 is 0 Å². The number of piperazine rings is 1. The minimum absolute atomic E-state index is 0.0464. The number of nitrogens with one attached hydrogen (secondary N) is 2. The Kier molecular flexibility index (Phi) is 4.29. The van der Waals surface area contributed by atoms with Gasteiger partial charge in [0.1, 0.15) is 0 Å². The minimum Gasteiger partial charge on any atom is -0.386 e. The summed E-state index contributed by atoms with van der Waals surface area (Å²) in [5, 5.41) is 4.95. The minimum atomic E-state index is -0.0464. The average molecular weight is 348 g/mol. The molecular weight excluding hydrogens is 324 g/mol. The van der Waals surface area contributed by atoms with Crippen LogP contribution in [0.3, 0.4) is 0 Å². The van der Waals surface area contributed by atoms with Crippen LogP contribution in [0.5, 0.6) is 0 Å². The molecule has 0 aliphatic carbocycles. The second-order valence-electron chi connectivity index (χ2n) is 6.77. The van der Waals surface area contributed by atoms with Crippen LogP contribution in [-0.2, 0) is 0 Å². The molecule has 1 aliphatic rings. The first-order chi connectivity index (χ1) is 12.7. The number of benzene rings is 2. The molecule has 0 atom stereocenters. The highest BCUT2D eigenvalue weighted by Crippen LogP contribution is 2.31. The first kappa shape index (κ1) is 16.5. The van der Waals surface area contributed by atoms with Crippen LogP contribution in [0.25, 0.3) is 10.8 Å². The number of aromatic amines is 1. The van der Waals surface area contributed by atoms with Gasteiger partial charge in [-0.2, -0.15) is 0 Å². The number of hydrogen-bond acceptors (Lipinski definition) is 4. The number of aromatic nitrogens is 1. The quantitative estimate of drug-likeness (QED) is 0.763. The first-order valence-corrected chi connectivity index (χ1v) is 9.06. The molecule has 1 saturated heterocycles. The van der Waals surface area contributed by atoms with Crippen molar-refractivity contribution in [2.45, 2.75) is 6.92 Å². The fourth-order valence-corrected chi connectivity index (χ4v) is 3.79. The molecule has 2 aromatic carbocycles. The average Bonchev–Trinajstić information content (AvgIpc) is 2.68. The SMILES string of the molecule is CNc1cc2c(=O)[nH]ccc2cc1N1CCN(c2ccccc2C)CC1. The summed E-state index contributed by atoms with van der Waals surface area (Å²) < 4.78 is 0. The Morgan fingerprint density at radius 2 is 1.65 bits per heavy atom. The molecule has 0 saturated carbocycles. The molecule has 1 aromatic heterocycles. The van der Waals surface area contributed by atoms with Crippen LogP contribution in [0.4, 0.5) is 17.1 Å². The van der Waals surface area contributed by atoms with Crippen LogP contribution in [-0.4, -0.2) is 38.2 Å². The van der Waals surface area contributed by atoms with Crippen LogP contribution < -0.4 is 20.7 Å². The zero-order valence-electron chi connectivity index (χ0n) is 15.2. The van der Waals surface area contributed by atoms with Gasteiger partial charge in [0, 0.05) is 50.5 Å². The standard InChI is InChI=1S/C21H24N4O/c1-15-5-3-4-6-19(15)24-9-11-25(12-10-24)20-13-16-7-8-23-21(26)17(16)14-18(20)22-2/h3-8,13-14,22H,9-12H2,1-2H3,(H,23,26). The van der Waals surface area contributed by atoms with Gasteiger partial charge in [-0.15, -0.1) is 0 Å². The van der Waals surface area contributed by atoms with Crippen molar-refractivity contribution in [2.24, 2.45) is 0 Å². The summed E-state index contributed by atoms with van der Waals surface area (Å²) in [5.74, 6) is 0. The summed E-state index contributed by atoms with van der Waals surface area (Å²) in [7, 11) is 1.91. The van der Waals surface area contributed by atoms with E-state index in [1.807, 2.05) is 19.2 Å². The van der Waals surface area contributed by atoms with E-state index >= 15 is 0 Å². The smallest absolute Gasteiger partial charge is 0.255 e. The van der Waals surface area contributed by atoms with E-state index in [0.29, 0.717) is 0 Å². The first-order valence-electron chi connectivity index (χ1n) is 9.06. The van der Waals surface area contributed by atoms with E-state index in [-0.39, 0.29) is 5.56 Å². The Bertz CT molecular complexity index is 987. The number of para-hydroxylation sites is 1. The molecule has 0 spiro atoms. The normalized spacial score (nSPS) is 14.7. The number of nitrogens with zero attached hydrogens (tertiary/aromatic N) is 2. The second-order valence-corrected chi connectivity index (χ2v) is 6.77. The van der Waals surface area contributed by atoms with Crippen molar-refractivity contribution in [2.75, 3.05) is 48.3 Å². The summed E-state index contributed by atoms with van der Waals surface area (Å²) in [5.41, 5.74) is 4.76. The molecule has 2 N–H and O–H groups in total. The maximum Gasteiger partial charge on any atom is 0.255 e. The Labute approximate surface area is 153 Å². The van der Waals surface area contributed by atoms with Crippen molar-refractivity contribution in [3.8, 4) is 0 Å². The summed E-state index contributed by atoms with van der Waals surface area (Å²) in [4.78, 5) is 19.7. The molecule has 3 aromatic rings. The number of pyridine rings is 1. The van der Waals surface area contributed by atoms with Crippen LogP contribution in [0.15, 0.2) is 53.5 Å². The van der Waals surface area contributed by atoms with E-state index in [2.05, 4.69) is 57.4 Å².